The first-order valence-electron chi connectivity index (χ1n) is 6.02. The molecule has 1 aromatic rings. The molecular weight excluding hydrogens is 323 g/mol. The summed E-state index contributed by atoms with van der Waals surface area (Å²) >= 11 is 3.14. The van der Waals surface area contributed by atoms with Crippen LogP contribution in [-0.4, -0.2) is 7.11 Å². The molecule has 2 nitrogen and oxygen atoms in total. The Morgan fingerprint density at radius 2 is 1.84 bits per heavy atom. The smallest absolute Gasteiger partial charge is 0.416 e. The van der Waals surface area contributed by atoms with E-state index in [0.717, 1.165) is 25.0 Å². The number of hydrogen-bond donors (Lipinski definition) is 1. The van der Waals surface area contributed by atoms with E-state index in [1.165, 1.54) is 7.11 Å². The molecule has 106 valence electrons. The molecule has 1 aliphatic carbocycles. The van der Waals surface area contributed by atoms with E-state index < -0.39 is 17.3 Å². The van der Waals surface area contributed by atoms with Gasteiger partial charge >= 0.3 is 6.18 Å². The second-order valence-electron chi connectivity index (χ2n) is 4.90. The van der Waals surface area contributed by atoms with Gasteiger partial charge in [-0.15, -0.1) is 0 Å². The molecule has 1 aliphatic rings. The molecule has 19 heavy (non-hydrogen) atoms. The molecule has 0 aromatic heterocycles. The summed E-state index contributed by atoms with van der Waals surface area (Å²) in [7, 11) is 1.44. The number of halogens is 4. The maximum atomic E-state index is 12.9. The standard InChI is InChI=1S/C13H15BrF3NO/c1-19-11-9(12(18)4-2-3-5-12)6-8(7-10(11)14)13(15,16)17/h6-7H,2-5,18H2,1H3. The van der Waals surface area contributed by atoms with Crippen LogP contribution in [0.15, 0.2) is 16.6 Å². The van der Waals surface area contributed by atoms with Gasteiger partial charge in [0.05, 0.1) is 17.1 Å². The van der Waals surface area contributed by atoms with Gasteiger partial charge in [0.15, 0.2) is 0 Å². The third kappa shape index (κ3) is 2.74. The molecule has 2 rings (SSSR count). The van der Waals surface area contributed by atoms with Crippen molar-refractivity contribution in [2.45, 2.75) is 37.4 Å². The SMILES string of the molecule is COc1c(Br)cc(C(F)(F)F)cc1C1(N)CCCC1. The van der Waals surface area contributed by atoms with Gasteiger partial charge in [-0.25, -0.2) is 0 Å². The van der Waals surface area contributed by atoms with Gasteiger partial charge in [0.2, 0.25) is 0 Å². The predicted molar refractivity (Wildman–Crippen MR) is 70.0 cm³/mol. The third-order valence-corrected chi connectivity index (χ3v) is 4.20. The van der Waals surface area contributed by atoms with Crippen molar-refractivity contribution >= 4 is 15.9 Å². The number of nitrogens with two attached hydrogens (primary N) is 1. The highest BCUT2D eigenvalue weighted by molar-refractivity contribution is 9.10. The molecule has 0 unspecified atom stereocenters. The Bertz CT molecular complexity index is 482. The topological polar surface area (TPSA) is 35.2 Å². The van der Waals surface area contributed by atoms with Gasteiger partial charge in [-0.05, 0) is 40.9 Å². The summed E-state index contributed by atoms with van der Waals surface area (Å²) in [6.45, 7) is 0. The summed E-state index contributed by atoms with van der Waals surface area (Å²) in [5.74, 6) is 0.400. The van der Waals surface area contributed by atoms with Crippen LogP contribution in [-0.2, 0) is 11.7 Å². The van der Waals surface area contributed by atoms with Crippen LogP contribution in [0.5, 0.6) is 5.75 Å². The van der Waals surface area contributed by atoms with Crippen LogP contribution in [0.3, 0.4) is 0 Å². The van der Waals surface area contributed by atoms with Crippen LogP contribution in [0, 0.1) is 0 Å². The molecule has 0 spiro atoms. The average molecular weight is 338 g/mol. The van der Waals surface area contributed by atoms with E-state index in [-0.39, 0.29) is 4.47 Å². The fourth-order valence-electron chi connectivity index (χ4n) is 2.61. The van der Waals surface area contributed by atoms with Crippen LogP contribution in [0.25, 0.3) is 0 Å². The Balaban J connectivity index is 2.60. The Hall–Kier alpha value is -0.750. The lowest BCUT2D eigenvalue weighted by molar-refractivity contribution is -0.137. The Morgan fingerprint density at radius 3 is 2.32 bits per heavy atom. The summed E-state index contributed by atoms with van der Waals surface area (Å²) in [6.07, 6.45) is -1.19. The number of rotatable bonds is 2. The lowest BCUT2D eigenvalue weighted by atomic mass is 9.87. The first kappa shape index (κ1) is 14.7. The number of benzene rings is 1. The molecule has 1 aromatic carbocycles. The van der Waals surface area contributed by atoms with E-state index >= 15 is 0 Å². The molecule has 1 saturated carbocycles. The normalized spacial score (nSPS) is 18.6. The number of ether oxygens (including phenoxy) is 1. The molecular formula is C13H15BrF3NO. The van der Waals surface area contributed by atoms with E-state index in [1.54, 1.807) is 0 Å². The summed E-state index contributed by atoms with van der Waals surface area (Å²) < 4.78 is 44.2. The monoisotopic (exact) mass is 337 g/mol. The zero-order chi connectivity index (χ0) is 14.3. The van der Waals surface area contributed by atoms with Crippen molar-refractivity contribution in [1.29, 1.82) is 0 Å². The highest BCUT2D eigenvalue weighted by Crippen LogP contribution is 2.46. The summed E-state index contributed by atoms with van der Waals surface area (Å²) in [5.41, 5.74) is 5.28. The molecule has 0 atom stereocenters. The minimum Gasteiger partial charge on any atom is -0.495 e. The van der Waals surface area contributed by atoms with E-state index in [1.807, 2.05) is 0 Å². The van der Waals surface area contributed by atoms with E-state index in [0.29, 0.717) is 24.2 Å². The fourth-order valence-corrected chi connectivity index (χ4v) is 3.23. The zero-order valence-corrected chi connectivity index (χ0v) is 12.1. The summed E-state index contributed by atoms with van der Waals surface area (Å²) in [6, 6.07) is 2.15. The fraction of sp³-hybridized carbons (Fsp3) is 0.538. The van der Waals surface area contributed by atoms with Gasteiger partial charge in [-0.2, -0.15) is 13.2 Å². The molecule has 0 saturated heterocycles. The molecule has 0 aliphatic heterocycles. The molecule has 2 N–H and O–H groups in total. The Labute approximate surface area is 118 Å². The molecule has 6 heteroatoms. The molecule has 1 fully saturated rings. The van der Waals surface area contributed by atoms with E-state index in [2.05, 4.69) is 15.9 Å². The predicted octanol–water partition coefficient (Wildman–Crippen LogP) is 4.20. The zero-order valence-electron chi connectivity index (χ0n) is 10.5. The van der Waals surface area contributed by atoms with E-state index in [9.17, 15) is 13.2 Å². The van der Waals surface area contributed by atoms with Crippen molar-refractivity contribution in [3.05, 3.63) is 27.7 Å². The van der Waals surface area contributed by atoms with Gasteiger partial charge in [0.25, 0.3) is 0 Å². The minimum absolute atomic E-state index is 0.288. The number of methoxy groups -OCH3 is 1. The van der Waals surface area contributed by atoms with Crippen molar-refractivity contribution in [3.63, 3.8) is 0 Å². The van der Waals surface area contributed by atoms with Crippen molar-refractivity contribution in [2.75, 3.05) is 7.11 Å². The Morgan fingerprint density at radius 1 is 1.26 bits per heavy atom. The van der Waals surface area contributed by atoms with E-state index in [4.69, 9.17) is 10.5 Å². The first-order chi connectivity index (χ1) is 8.78. The third-order valence-electron chi connectivity index (χ3n) is 3.61. The summed E-state index contributed by atoms with van der Waals surface area (Å²) in [4.78, 5) is 0. The van der Waals surface area contributed by atoms with Gasteiger partial charge in [0, 0.05) is 11.1 Å². The minimum atomic E-state index is -4.39. The van der Waals surface area contributed by atoms with Crippen LogP contribution in [0.2, 0.25) is 0 Å². The van der Waals surface area contributed by atoms with Crippen LogP contribution in [0.1, 0.15) is 36.8 Å². The molecule has 0 heterocycles. The quantitative estimate of drug-likeness (QED) is 0.877. The largest absolute Gasteiger partial charge is 0.495 e. The van der Waals surface area contributed by atoms with Crippen LogP contribution in [0.4, 0.5) is 13.2 Å². The second kappa shape index (κ2) is 4.98. The highest BCUT2D eigenvalue weighted by atomic mass is 79.9. The highest BCUT2D eigenvalue weighted by Gasteiger charge is 2.38. The van der Waals surface area contributed by atoms with Gasteiger partial charge < -0.3 is 10.5 Å². The van der Waals surface area contributed by atoms with Gasteiger partial charge in [0.1, 0.15) is 5.75 Å². The maximum Gasteiger partial charge on any atom is 0.416 e. The lowest BCUT2D eigenvalue weighted by Crippen LogP contribution is -2.34. The summed E-state index contributed by atoms with van der Waals surface area (Å²) in [5, 5.41) is 0. The maximum absolute atomic E-state index is 12.9. The van der Waals surface area contributed by atoms with Gasteiger partial charge in [-0.3, -0.25) is 0 Å². The first-order valence-corrected chi connectivity index (χ1v) is 6.81. The molecule has 0 radical (unpaired) electrons. The van der Waals surface area contributed by atoms with Crippen molar-refractivity contribution in [2.24, 2.45) is 5.73 Å². The second-order valence-corrected chi connectivity index (χ2v) is 5.75. The van der Waals surface area contributed by atoms with Crippen molar-refractivity contribution in [3.8, 4) is 5.75 Å². The Kier molecular flexibility index (Phi) is 3.84. The van der Waals surface area contributed by atoms with Gasteiger partial charge in [-0.1, -0.05) is 12.8 Å². The lowest BCUT2D eigenvalue weighted by Gasteiger charge is -2.28. The van der Waals surface area contributed by atoms with Crippen molar-refractivity contribution in [1.82, 2.24) is 0 Å². The van der Waals surface area contributed by atoms with Crippen molar-refractivity contribution < 1.29 is 17.9 Å². The molecule has 0 amide bonds. The number of hydrogen-bond acceptors (Lipinski definition) is 2. The van der Waals surface area contributed by atoms with Crippen LogP contribution < -0.4 is 10.5 Å². The average Bonchev–Trinajstić information content (AvgIpc) is 2.75. The van der Waals surface area contributed by atoms with Crippen LogP contribution >= 0.6 is 15.9 Å². The number of alkyl halides is 3. The molecule has 0 bridgehead atoms.